The van der Waals surface area contributed by atoms with Gasteiger partial charge in [-0.1, -0.05) is 25.1 Å². The van der Waals surface area contributed by atoms with Crippen molar-refractivity contribution < 1.29 is 4.74 Å². The Bertz CT molecular complexity index is 578. The van der Waals surface area contributed by atoms with Crippen LogP contribution in [0.2, 0.25) is 0 Å². The Labute approximate surface area is 127 Å². The number of aryl methyl sites for hydroxylation is 2. The third-order valence-corrected chi connectivity index (χ3v) is 3.77. The van der Waals surface area contributed by atoms with E-state index in [0.717, 1.165) is 24.3 Å². The fraction of sp³-hybridized carbons (Fsp3) is 0.389. The molecule has 2 rings (SSSR count). The first-order valence-electron chi connectivity index (χ1n) is 7.48. The Balaban J connectivity index is 1.92. The summed E-state index contributed by atoms with van der Waals surface area (Å²) in [6.45, 7) is 6.89. The highest BCUT2D eigenvalue weighted by atomic mass is 16.5. The van der Waals surface area contributed by atoms with E-state index >= 15 is 0 Å². The minimum absolute atomic E-state index is 0.180. The van der Waals surface area contributed by atoms with Gasteiger partial charge in [0, 0.05) is 18.2 Å². The first-order chi connectivity index (χ1) is 10.1. The monoisotopic (exact) mass is 284 g/mol. The van der Waals surface area contributed by atoms with Crippen LogP contribution >= 0.6 is 0 Å². The molecule has 0 aliphatic rings. The fourth-order valence-corrected chi connectivity index (χ4v) is 2.09. The SMILES string of the molecule is CCC(N)Cc1ccc(OCc2ccc(C)c(C)c2)cn1. The topological polar surface area (TPSA) is 48.1 Å². The van der Waals surface area contributed by atoms with Gasteiger partial charge in [-0.15, -0.1) is 0 Å². The number of aromatic nitrogens is 1. The quantitative estimate of drug-likeness (QED) is 0.882. The van der Waals surface area contributed by atoms with Crippen LogP contribution in [0.25, 0.3) is 0 Å². The van der Waals surface area contributed by atoms with Gasteiger partial charge in [0.25, 0.3) is 0 Å². The van der Waals surface area contributed by atoms with Crippen molar-refractivity contribution in [1.82, 2.24) is 4.98 Å². The fourth-order valence-electron chi connectivity index (χ4n) is 2.09. The van der Waals surface area contributed by atoms with Crippen LogP contribution in [0.3, 0.4) is 0 Å². The maximum atomic E-state index is 5.93. The summed E-state index contributed by atoms with van der Waals surface area (Å²) >= 11 is 0. The highest BCUT2D eigenvalue weighted by Crippen LogP contribution is 2.15. The van der Waals surface area contributed by atoms with Crippen LogP contribution in [0.5, 0.6) is 5.75 Å². The van der Waals surface area contributed by atoms with Crippen molar-refractivity contribution in [2.75, 3.05) is 0 Å². The van der Waals surface area contributed by atoms with Gasteiger partial charge in [0.1, 0.15) is 12.4 Å². The molecule has 1 unspecified atom stereocenters. The first kappa shape index (κ1) is 15.5. The van der Waals surface area contributed by atoms with Crippen LogP contribution in [-0.4, -0.2) is 11.0 Å². The largest absolute Gasteiger partial charge is 0.487 e. The maximum Gasteiger partial charge on any atom is 0.138 e. The predicted molar refractivity (Wildman–Crippen MR) is 86.5 cm³/mol. The summed E-state index contributed by atoms with van der Waals surface area (Å²) in [5.74, 6) is 0.794. The molecule has 2 N–H and O–H groups in total. The van der Waals surface area contributed by atoms with E-state index in [1.165, 1.54) is 16.7 Å². The number of ether oxygens (including phenoxy) is 1. The molecule has 0 spiro atoms. The summed E-state index contributed by atoms with van der Waals surface area (Å²) in [5.41, 5.74) is 10.7. The van der Waals surface area contributed by atoms with Gasteiger partial charge in [-0.05, 0) is 49.1 Å². The van der Waals surface area contributed by atoms with Crippen molar-refractivity contribution in [2.24, 2.45) is 5.73 Å². The molecule has 2 aromatic rings. The number of hydrogen-bond donors (Lipinski definition) is 1. The molecule has 3 heteroatoms. The summed E-state index contributed by atoms with van der Waals surface area (Å²) in [4.78, 5) is 4.41. The van der Waals surface area contributed by atoms with Gasteiger partial charge in [0.05, 0.1) is 6.20 Å². The van der Waals surface area contributed by atoms with Crippen molar-refractivity contribution in [3.63, 3.8) is 0 Å². The van der Waals surface area contributed by atoms with Crippen LogP contribution in [0.15, 0.2) is 36.5 Å². The van der Waals surface area contributed by atoms with Crippen LogP contribution in [0, 0.1) is 13.8 Å². The Kier molecular flexibility index (Phi) is 5.34. The number of pyridine rings is 1. The second-order valence-electron chi connectivity index (χ2n) is 5.56. The third-order valence-electron chi connectivity index (χ3n) is 3.77. The van der Waals surface area contributed by atoms with E-state index in [-0.39, 0.29) is 6.04 Å². The van der Waals surface area contributed by atoms with Gasteiger partial charge in [0.15, 0.2) is 0 Å². The lowest BCUT2D eigenvalue weighted by Crippen LogP contribution is -2.21. The van der Waals surface area contributed by atoms with Crippen molar-refractivity contribution in [2.45, 2.75) is 46.3 Å². The Morgan fingerprint density at radius 2 is 1.95 bits per heavy atom. The lowest BCUT2D eigenvalue weighted by Gasteiger charge is -2.10. The molecule has 0 bridgehead atoms. The molecule has 1 aromatic heterocycles. The summed E-state index contributed by atoms with van der Waals surface area (Å²) < 4.78 is 5.78. The number of benzene rings is 1. The third kappa shape index (κ3) is 4.57. The lowest BCUT2D eigenvalue weighted by atomic mass is 10.1. The summed E-state index contributed by atoms with van der Waals surface area (Å²) in [6, 6.07) is 10.5. The number of nitrogens with two attached hydrogens (primary N) is 1. The smallest absolute Gasteiger partial charge is 0.138 e. The molecule has 0 saturated carbocycles. The highest BCUT2D eigenvalue weighted by molar-refractivity contribution is 5.30. The Morgan fingerprint density at radius 3 is 2.57 bits per heavy atom. The van der Waals surface area contributed by atoms with E-state index in [9.17, 15) is 0 Å². The molecule has 112 valence electrons. The molecule has 0 amide bonds. The zero-order valence-corrected chi connectivity index (χ0v) is 13.1. The normalized spacial score (nSPS) is 12.2. The van der Waals surface area contributed by atoms with Crippen molar-refractivity contribution in [1.29, 1.82) is 0 Å². The van der Waals surface area contributed by atoms with Crippen molar-refractivity contribution in [3.05, 3.63) is 58.9 Å². The maximum absolute atomic E-state index is 5.93. The van der Waals surface area contributed by atoms with Gasteiger partial charge in [-0.2, -0.15) is 0 Å². The molecule has 1 aromatic carbocycles. The zero-order valence-electron chi connectivity index (χ0n) is 13.1. The van der Waals surface area contributed by atoms with E-state index < -0.39 is 0 Å². The standard InChI is InChI=1S/C18H24N2O/c1-4-16(19)10-17-7-8-18(11-20-17)21-12-15-6-5-13(2)14(3)9-15/h5-9,11,16H,4,10,12,19H2,1-3H3. The lowest BCUT2D eigenvalue weighted by molar-refractivity contribution is 0.304. The van der Waals surface area contributed by atoms with E-state index in [1.54, 1.807) is 6.20 Å². The van der Waals surface area contributed by atoms with Crippen molar-refractivity contribution >= 4 is 0 Å². The molecule has 0 radical (unpaired) electrons. The van der Waals surface area contributed by atoms with Crippen molar-refractivity contribution in [3.8, 4) is 5.75 Å². The van der Waals surface area contributed by atoms with Gasteiger partial charge in [-0.3, -0.25) is 4.98 Å². The van der Waals surface area contributed by atoms with E-state index in [1.807, 2.05) is 12.1 Å². The second kappa shape index (κ2) is 7.23. The second-order valence-corrected chi connectivity index (χ2v) is 5.56. The molecule has 1 heterocycles. The summed E-state index contributed by atoms with van der Waals surface area (Å²) in [5, 5.41) is 0. The number of nitrogens with zero attached hydrogens (tertiary/aromatic N) is 1. The van der Waals surface area contributed by atoms with Crippen LogP contribution in [0.4, 0.5) is 0 Å². The Morgan fingerprint density at radius 1 is 1.14 bits per heavy atom. The molecule has 0 aliphatic carbocycles. The highest BCUT2D eigenvalue weighted by Gasteiger charge is 2.03. The van der Waals surface area contributed by atoms with Gasteiger partial charge in [0.2, 0.25) is 0 Å². The average Bonchev–Trinajstić information content (AvgIpc) is 2.50. The molecule has 0 aliphatic heterocycles. The first-order valence-corrected chi connectivity index (χ1v) is 7.48. The number of rotatable bonds is 6. The average molecular weight is 284 g/mol. The molecular weight excluding hydrogens is 260 g/mol. The van der Waals surface area contributed by atoms with Crippen LogP contribution in [-0.2, 0) is 13.0 Å². The molecule has 0 saturated heterocycles. The number of hydrogen-bond acceptors (Lipinski definition) is 3. The van der Waals surface area contributed by atoms with E-state index in [4.69, 9.17) is 10.5 Å². The Hall–Kier alpha value is -1.87. The molecule has 3 nitrogen and oxygen atoms in total. The summed E-state index contributed by atoms with van der Waals surface area (Å²) in [6.07, 6.45) is 3.55. The molecule has 21 heavy (non-hydrogen) atoms. The van der Waals surface area contributed by atoms with Crippen LogP contribution < -0.4 is 10.5 Å². The van der Waals surface area contributed by atoms with Crippen LogP contribution in [0.1, 0.15) is 35.7 Å². The molecule has 1 atom stereocenters. The van der Waals surface area contributed by atoms with Gasteiger partial charge >= 0.3 is 0 Å². The summed E-state index contributed by atoms with van der Waals surface area (Å²) in [7, 11) is 0. The van der Waals surface area contributed by atoms with Gasteiger partial charge < -0.3 is 10.5 Å². The minimum Gasteiger partial charge on any atom is -0.487 e. The zero-order chi connectivity index (χ0) is 15.2. The van der Waals surface area contributed by atoms with E-state index in [2.05, 4.69) is 44.0 Å². The molecule has 0 fully saturated rings. The predicted octanol–water partition coefficient (Wildman–Crippen LogP) is 3.56. The molecular formula is C18H24N2O. The van der Waals surface area contributed by atoms with E-state index in [0.29, 0.717) is 6.61 Å². The van der Waals surface area contributed by atoms with Gasteiger partial charge in [-0.25, -0.2) is 0 Å². The minimum atomic E-state index is 0.180.